The highest BCUT2D eigenvalue weighted by molar-refractivity contribution is 8.13. The van der Waals surface area contributed by atoms with Crippen LogP contribution in [0, 0.1) is 6.92 Å². The summed E-state index contributed by atoms with van der Waals surface area (Å²) in [5.74, 6) is 0.683. The van der Waals surface area contributed by atoms with Gasteiger partial charge in [-0.1, -0.05) is 60.3 Å². The summed E-state index contributed by atoms with van der Waals surface area (Å²) >= 11 is 1.72. The predicted molar refractivity (Wildman–Crippen MR) is 147 cm³/mol. The molecule has 0 aliphatic carbocycles. The van der Waals surface area contributed by atoms with Gasteiger partial charge < -0.3 is 15.5 Å². The molecule has 5 rings (SSSR count). The molecular weight excluding hydrogens is 468 g/mol. The average molecular weight is 497 g/mol. The quantitative estimate of drug-likeness (QED) is 0.454. The first-order valence-corrected chi connectivity index (χ1v) is 13.0. The highest BCUT2D eigenvalue weighted by atomic mass is 32.2. The smallest absolute Gasteiger partial charge is 0.255 e. The Morgan fingerprint density at radius 1 is 0.889 bits per heavy atom. The highest BCUT2D eigenvalue weighted by Crippen LogP contribution is 2.40. The third kappa shape index (κ3) is 4.93. The minimum absolute atomic E-state index is 0.154. The molecule has 0 spiro atoms. The normalized spacial score (nSPS) is 17.2. The number of hydrogen-bond donors (Lipinski definition) is 2. The van der Waals surface area contributed by atoms with Crippen molar-refractivity contribution in [2.75, 3.05) is 22.9 Å². The Morgan fingerprint density at radius 3 is 2.42 bits per heavy atom. The van der Waals surface area contributed by atoms with Crippen LogP contribution in [0.15, 0.2) is 95.1 Å². The molecule has 3 aromatic carbocycles. The van der Waals surface area contributed by atoms with Crippen molar-refractivity contribution in [3.63, 3.8) is 0 Å². The van der Waals surface area contributed by atoms with Crippen LogP contribution in [0.3, 0.4) is 0 Å². The molecule has 7 heteroatoms. The van der Waals surface area contributed by atoms with Gasteiger partial charge in [-0.2, -0.15) is 0 Å². The van der Waals surface area contributed by atoms with Gasteiger partial charge in [0.15, 0.2) is 5.17 Å². The lowest BCUT2D eigenvalue weighted by Gasteiger charge is -2.41. The SMILES string of the molecule is CC1=C(C(=O)Nc2ccccc2)C(c2cccc(NC(=O)c3ccccc3C)c2)N2CCCSC2=N1. The van der Waals surface area contributed by atoms with Gasteiger partial charge in [-0.15, -0.1) is 0 Å². The van der Waals surface area contributed by atoms with Crippen LogP contribution in [0.4, 0.5) is 11.4 Å². The number of aliphatic imine (C=N–C) groups is 1. The number of anilines is 2. The second kappa shape index (κ2) is 10.4. The van der Waals surface area contributed by atoms with Crippen molar-refractivity contribution in [3.05, 3.63) is 107 Å². The number of hydrogen-bond acceptors (Lipinski definition) is 5. The molecule has 2 aliphatic heterocycles. The zero-order valence-corrected chi connectivity index (χ0v) is 21.1. The first kappa shape index (κ1) is 23.9. The van der Waals surface area contributed by atoms with E-state index in [2.05, 4.69) is 15.5 Å². The van der Waals surface area contributed by atoms with Crippen molar-refractivity contribution in [2.24, 2.45) is 4.99 Å². The van der Waals surface area contributed by atoms with Crippen LogP contribution in [-0.4, -0.2) is 34.2 Å². The van der Waals surface area contributed by atoms with Gasteiger partial charge in [0.2, 0.25) is 0 Å². The van der Waals surface area contributed by atoms with Crippen LogP contribution in [0.25, 0.3) is 0 Å². The highest BCUT2D eigenvalue weighted by Gasteiger charge is 2.37. The molecule has 1 unspecified atom stereocenters. The first-order valence-electron chi connectivity index (χ1n) is 12.0. The van der Waals surface area contributed by atoms with Crippen LogP contribution >= 0.6 is 11.8 Å². The van der Waals surface area contributed by atoms with Crippen LogP contribution < -0.4 is 10.6 Å². The molecule has 0 bridgehead atoms. The average Bonchev–Trinajstić information content (AvgIpc) is 2.88. The van der Waals surface area contributed by atoms with E-state index in [1.54, 1.807) is 11.8 Å². The summed E-state index contributed by atoms with van der Waals surface area (Å²) in [7, 11) is 0. The molecule has 6 nitrogen and oxygen atoms in total. The minimum Gasteiger partial charge on any atom is -0.340 e. The second-order valence-electron chi connectivity index (χ2n) is 8.91. The molecule has 0 saturated carbocycles. The first-order chi connectivity index (χ1) is 17.5. The van der Waals surface area contributed by atoms with Crippen molar-refractivity contribution in [1.29, 1.82) is 0 Å². The molecule has 1 fully saturated rings. The van der Waals surface area contributed by atoms with Gasteiger partial charge in [0.25, 0.3) is 11.8 Å². The van der Waals surface area contributed by atoms with Crippen molar-refractivity contribution in [2.45, 2.75) is 26.3 Å². The summed E-state index contributed by atoms with van der Waals surface area (Å²) < 4.78 is 0. The molecule has 2 amide bonds. The van der Waals surface area contributed by atoms with E-state index in [-0.39, 0.29) is 17.9 Å². The molecule has 1 atom stereocenters. The molecule has 1 saturated heterocycles. The standard InChI is InChI=1S/C29H28N4O2S/c1-19-10-6-7-15-24(19)27(34)32-23-14-8-11-21(18-23)26-25(28(35)31-22-12-4-3-5-13-22)20(2)30-29-33(26)16-9-17-36-29/h3-8,10-15,18,26H,9,16-17H2,1-2H3,(H,31,35)(H,32,34). The van der Waals surface area contributed by atoms with Gasteiger partial charge in [-0.3, -0.25) is 9.59 Å². The third-order valence-electron chi connectivity index (χ3n) is 6.38. The van der Waals surface area contributed by atoms with Gasteiger partial charge in [0.1, 0.15) is 0 Å². The number of amides is 2. The van der Waals surface area contributed by atoms with Crippen molar-refractivity contribution in [1.82, 2.24) is 4.90 Å². The van der Waals surface area contributed by atoms with Crippen molar-refractivity contribution in [3.8, 4) is 0 Å². The van der Waals surface area contributed by atoms with Crippen molar-refractivity contribution >= 4 is 40.1 Å². The van der Waals surface area contributed by atoms with E-state index >= 15 is 0 Å². The Morgan fingerprint density at radius 2 is 1.61 bits per heavy atom. The van der Waals surface area contributed by atoms with E-state index in [0.717, 1.165) is 40.7 Å². The monoisotopic (exact) mass is 496 g/mol. The maximum Gasteiger partial charge on any atom is 0.255 e. The van der Waals surface area contributed by atoms with Crippen LogP contribution in [0.2, 0.25) is 0 Å². The lowest BCUT2D eigenvalue weighted by Crippen LogP contribution is -2.43. The fraction of sp³-hybridized carbons (Fsp3) is 0.207. The number of nitrogens with zero attached hydrogens (tertiary/aromatic N) is 2. The fourth-order valence-corrected chi connectivity index (χ4v) is 5.66. The van der Waals surface area contributed by atoms with Gasteiger partial charge >= 0.3 is 0 Å². The Labute approximate surface area is 215 Å². The van der Waals surface area contributed by atoms with E-state index in [1.807, 2.05) is 92.7 Å². The van der Waals surface area contributed by atoms with Crippen LogP contribution in [-0.2, 0) is 4.79 Å². The molecule has 0 radical (unpaired) electrons. The number of nitrogens with one attached hydrogen (secondary N) is 2. The van der Waals surface area contributed by atoms with Crippen LogP contribution in [0.5, 0.6) is 0 Å². The number of amidine groups is 1. The number of fused-ring (bicyclic) bond motifs is 1. The molecule has 2 aliphatic rings. The van der Waals surface area contributed by atoms with Crippen LogP contribution in [0.1, 0.15) is 40.9 Å². The topological polar surface area (TPSA) is 73.8 Å². The van der Waals surface area contributed by atoms with Crippen molar-refractivity contribution < 1.29 is 9.59 Å². The Hall–Kier alpha value is -3.84. The maximum absolute atomic E-state index is 13.6. The zero-order chi connectivity index (χ0) is 25.1. The fourth-order valence-electron chi connectivity index (χ4n) is 4.64. The van der Waals surface area contributed by atoms with E-state index in [4.69, 9.17) is 4.99 Å². The molecular formula is C29H28N4O2S. The zero-order valence-electron chi connectivity index (χ0n) is 20.3. The summed E-state index contributed by atoms with van der Waals surface area (Å²) in [5, 5.41) is 7.02. The Bertz CT molecular complexity index is 1370. The lowest BCUT2D eigenvalue weighted by molar-refractivity contribution is -0.113. The molecule has 0 aromatic heterocycles. The third-order valence-corrected chi connectivity index (χ3v) is 7.46. The van der Waals surface area contributed by atoms with Gasteiger partial charge in [0.05, 0.1) is 17.3 Å². The number of carbonyl (C=O) groups excluding carboxylic acids is 2. The Kier molecular flexibility index (Phi) is 6.91. The van der Waals surface area contributed by atoms with Gasteiger partial charge in [-0.05, 0) is 61.7 Å². The summed E-state index contributed by atoms with van der Waals surface area (Å²) in [6, 6.07) is 24.5. The number of aryl methyl sites for hydroxylation is 1. The molecule has 36 heavy (non-hydrogen) atoms. The number of benzene rings is 3. The van der Waals surface area contributed by atoms with E-state index in [0.29, 0.717) is 22.5 Å². The lowest BCUT2D eigenvalue weighted by atomic mass is 9.93. The summed E-state index contributed by atoms with van der Waals surface area (Å²) in [6.45, 7) is 4.63. The largest absolute Gasteiger partial charge is 0.340 e. The molecule has 2 heterocycles. The maximum atomic E-state index is 13.6. The predicted octanol–water partition coefficient (Wildman–Crippen LogP) is 6.01. The minimum atomic E-state index is -0.302. The number of thioether (sulfide) groups is 1. The number of rotatable bonds is 5. The van der Waals surface area contributed by atoms with Gasteiger partial charge in [0, 0.05) is 29.2 Å². The number of para-hydroxylation sites is 1. The second-order valence-corrected chi connectivity index (χ2v) is 9.97. The summed E-state index contributed by atoms with van der Waals surface area (Å²) in [4.78, 5) is 33.6. The molecule has 2 N–H and O–H groups in total. The van der Waals surface area contributed by atoms with E-state index in [9.17, 15) is 9.59 Å². The summed E-state index contributed by atoms with van der Waals surface area (Å²) in [6.07, 6.45) is 1.01. The van der Waals surface area contributed by atoms with E-state index in [1.165, 1.54) is 0 Å². The molecule has 3 aromatic rings. The number of allylic oxidation sites excluding steroid dienone is 1. The summed E-state index contributed by atoms with van der Waals surface area (Å²) in [5.41, 5.74) is 5.25. The Balaban J connectivity index is 1.49. The number of carbonyl (C=O) groups is 2. The van der Waals surface area contributed by atoms with E-state index < -0.39 is 0 Å². The van der Waals surface area contributed by atoms with Gasteiger partial charge in [-0.25, -0.2) is 4.99 Å². The molecule has 182 valence electrons.